The minimum atomic E-state index is -3.94. The molecule has 0 bridgehead atoms. The van der Waals surface area contributed by atoms with Crippen molar-refractivity contribution in [1.29, 1.82) is 0 Å². The van der Waals surface area contributed by atoms with Crippen LogP contribution in [-0.2, 0) is 10.0 Å². The molecule has 1 saturated heterocycles. The van der Waals surface area contributed by atoms with E-state index in [4.69, 9.17) is 4.74 Å². The van der Waals surface area contributed by atoms with E-state index < -0.39 is 21.9 Å². The molecule has 0 amide bonds. The molecule has 172 valence electrons. The van der Waals surface area contributed by atoms with Gasteiger partial charge in [-0.15, -0.1) is 0 Å². The lowest BCUT2D eigenvalue weighted by molar-refractivity contribution is 0.210. The Morgan fingerprint density at radius 1 is 1.12 bits per heavy atom. The molecule has 3 atom stereocenters. The minimum Gasteiger partial charge on any atom is -0.496 e. The first-order valence-electron chi connectivity index (χ1n) is 10.9. The number of aliphatic hydroxyl groups excluding tert-OH is 1. The topological polar surface area (TPSA) is 78.9 Å². The van der Waals surface area contributed by atoms with Crippen LogP contribution >= 0.6 is 0 Å². The molecule has 0 aliphatic carbocycles. The van der Waals surface area contributed by atoms with Crippen LogP contribution in [0, 0.1) is 11.7 Å². The number of hydrogen-bond donors (Lipinski definition) is 2. The van der Waals surface area contributed by atoms with Crippen molar-refractivity contribution in [3.8, 4) is 16.9 Å². The minimum absolute atomic E-state index is 0.0651. The van der Waals surface area contributed by atoms with Crippen LogP contribution in [-0.4, -0.2) is 44.1 Å². The summed E-state index contributed by atoms with van der Waals surface area (Å²) in [6.07, 6.45) is 0.593. The Kier molecular flexibility index (Phi) is 5.60. The monoisotopic (exact) mass is 468 g/mol. The fourth-order valence-electron chi connectivity index (χ4n) is 5.10. The average Bonchev–Trinajstić information content (AvgIpc) is 3.30. The molecule has 0 unspecified atom stereocenters. The van der Waals surface area contributed by atoms with Gasteiger partial charge in [0.2, 0.25) is 10.0 Å². The Morgan fingerprint density at radius 2 is 1.94 bits per heavy atom. The summed E-state index contributed by atoms with van der Waals surface area (Å²) in [6, 6.07) is 17.9. The number of aliphatic hydroxyl groups is 1. The number of ether oxygens (including phenoxy) is 1. The number of nitrogens with one attached hydrogen (secondary N) is 1. The number of para-hydroxylation sites is 1. The van der Waals surface area contributed by atoms with E-state index in [1.807, 2.05) is 42.5 Å². The van der Waals surface area contributed by atoms with E-state index in [1.54, 1.807) is 7.11 Å². The van der Waals surface area contributed by atoms with Gasteiger partial charge in [-0.25, -0.2) is 12.8 Å². The highest BCUT2D eigenvalue weighted by Crippen LogP contribution is 2.49. The molecular weight excluding hydrogens is 443 g/mol. The first-order chi connectivity index (χ1) is 15.9. The van der Waals surface area contributed by atoms with Crippen molar-refractivity contribution in [1.82, 2.24) is 4.31 Å². The number of halogens is 1. The van der Waals surface area contributed by atoms with Gasteiger partial charge in [0.05, 0.1) is 30.7 Å². The molecule has 0 spiro atoms. The van der Waals surface area contributed by atoms with Gasteiger partial charge in [-0.05, 0) is 53.9 Å². The molecule has 3 aromatic rings. The summed E-state index contributed by atoms with van der Waals surface area (Å²) in [5, 5.41) is 13.4. The Balaban J connectivity index is 1.63. The van der Waals surface area contributed by atoms with Gasteiger partial charge in [-0.2, -0.15) is 4.31 Å². The van der Waals surface area contributed by atoms with Crippen molar-refractivity contribution in [2.45, 2.75) is 23.4 Å². The van der Waals surface area contributed by atoms with E-state index in [0.717, 1.165) is 34.2 Å². The lowest BCUT2D eigenvalue weighted by Gasteiger charge is -2.39. The third kappa shape index (κ3) is 3.68. The second-order valence-corrected chi connectivity index (χ2v) is 10.3. The van der Waals surface area contributed by atoms with Gasteiger partial charge in [0.1, 0.15) is 11.6 Å². The second-order valence-electron chi connectivity index (χ2n) is 8.41. The molecule has 0 aromatic heterocycles. The molecule has 6 nitrogen and oxygen atoms in total. The highest BCUT2D eigenvalue weighted by molar-refractivity contribution is 7.89. The molecule has 2 N–H and O–H groups in total. The lowest BCUT2D eigenvalue weighted by atomic mass is 9.82. The maximum Gasteiger partial charge on any atom is 0.243 e. The van der Waals surface area contributed by atoms with Gasteiger partial charge in [0, 0.05) is 23.7 Å². The van der Waals surface area contributed by atoms with Crippen molar-refractivity contribution >= 4 is 15.7 Å². The fraction of sp³-hybridized carbons (Fsp3) is 0.280. The maximum atomic E-state index is 13.8. The smallest absolute Gasteiger partial charge is 0.243 e. The van der Waals surface area contributed by atoms with E-state index >= 15 is 0 Å². The highest BCUT2D eigenvalue weighted by atomic mass is 32.2. The van der Waals surface area contributed by atoms with E-state index in [0.29, 0.717) is 13.0 Å². The zero-order chi connectivity index (χ0) is 23.2. The zero-order valence-electron chi connectivity index (χ0n) is 18.1. The molecule has 8 heteroatoms. The highest BCUT2D eigenvalue weighted by Gasteiger charge is 2.48. The molecule has 1 fully saturated rings. The van der Waals surface area contributed by atoms with Crippen LogP contribution in [0.2, 0.25) is 0 Å². The molecule has 0 saturated carbocycles. The fourth-order valence-corrected chi connectivity index (χ4v) is 6.80. The number of methoxy groups -OCH3 is 1. The quantitative estimate of drug-likeness (QED) is 0.591. The van der Waals surface area contributed by atoms with Crippen LogP contribution in [0.4, 0.5) is 10.1 Å². The molecule has 33 heavy (non-hydrogen) atoms. The third-order valence-electron chi connectivity index (χ3n) is 6.64. The first kappa shape index (κ1) is 21.9. The van der Waals surface area contributed by atoms with Crippen LogP contribution in [0.15, 0.2) is 71.6 Å². The standard InChI is InChI=1S/C25H25FN2O4S/c1-32-24-8-3-2-7-19(24)16-9-10-22-21(13-16)25-20(23(15-29)27-22)11-12-28(25)33(30,31)18-6-4-5-17(26)14-18/h2-10,13-14,20,23,25,27,29H,11-12,15H2,1H3/t20-,23-,25-/m1/s1. The zero-order valence-corrected chi connectivity index (χ0v) is 18.9. The maximum absolute atomic E-state index is 13.8. The van der Waals surface area contributed by atoms with E-state index in [-0.39, 0.29) is 23.5 Å². The summed E-state index contributed by atoms with van der Waals surface area (Å²) in [5.74, 6) is 0.0182. The molecule has 2 heterocycles. The van der Waals surface area contributed by atoms with Crippen molar-refractivity contribution < 1.29 is 22.7 Å². The van der Waals surface area contributed by atoms with Gasteiger partial charge in [0.15, 0.2) is 0 Å². The number of fused-ring (bicyclic) bond motifs is 3. The van der Waals surface area contributed by atoms with Gasteiger partial charge >= 0.3 is 0 Å². The van der Waals surface area contributed by atoms with Crippen LogP contribution in [0.25, 0.3) is 11.1 Å². The number of sulfonamides is 1. The van der Waals surface area contributed by atoms with Crippen LogP contribution < -0.4 is 10.1 Å². The predicted molar refractivity (Wildman–Crippen MR) is 124 cm³/mol. The van der Waals surface area contributed by atoms with Crippen LogP contribution in [0.5, 0.6) is 5.75 Å². The number of nitrogens with zero attached hydrogens (tertiary/aromatic N) is 1. The largest absolute Gasteiger partial charge is 0.496 e. The average molecular weight is 469 g/mol. The normalized spacial score (nSPS) is 22.3. The Bertz CT molecular complexity index is 1300. The van der Waals surface area contributed by atoms with Gasteiger partial charge in [0.25, 0.3) is 0 Å². The third-order valence-corrected chi connectivity index (χ3v) is 8.52. The molecule has 0 radical (unpaired) electrons. The Morgan fingerprint density at radius 3 is 2.70 bits per heavy atom. The molecule has 2 aliphatic rings. The molecule has 5 rings (SSSR count). The molecule has 2 aliphatic heterocycles. The number of rotatable bonds is 5. The van der Waals surface area contributed by atoms with Gasteiger partial charge in [-0.3, -0.25) is 0 Å². The van der Waals surface area contributed by atoms with Gasteiger partial charge < -0.3 is 15.2 Å². The Hall–Kier alpha value is -2.94. The summed E-state index contributed by atoms with van der Waals surface area (Å²) in [4.78, 5) is -0.0651. The number of benzene rings is 3. The second kappa shape index (κ2) is 8.44. The van der Waals surface area contributed by atoms with E-state index in [1.165, 1.54) is 22.5 Å². The predicted octanol–water partition coefficient (Wildman–Crippen LogP) is 4.04. The SMILES string of the molecule is COc1ccccc1-c1ccc2c(c1)[C@H]1[C@H](CCN1S(=O)(=O)c1cccc(F)c1)[C@@H](CO)N2. The van der Waals surface area contributed by atoms with E-state index in [2.05, 4.69) is 5.32 Å². The first-order valence-corrected chi connectivity index (χ1v) is 12.3. The van der Waals surface area contributed by atoms with Crippen molar-refractivity contribution in [2.24, 2.45) is 5.92 Å². The molecule has 3 aromatic carbocycles. The lowest BCUT2D eigenvalue weighted by Crippen LogP contribution is -2.42. The summed E-state index contributed by atoms with van der Waals surface area (Å²) in [7, 11) is -2.32. The van der Waals surface area contributed by atoms with Crippen molar-refractivity contribution in [2.75, 3.05) is 25.6 Å². The summed E-state index contributed by atoms with van der Waals surface area (Å²) >= 11 is 0. The van der Waals surface area contributed by atoms with Crippen LogP contribution in [0.1, 0.15) is 18.0 Å². The van der Waals surface area contributed by atoms with Crippen molar-refractivity contribution in [3.63, 3.8) is 0 Å². The number of hydrogen-bond acceptors (Lipinski definition) is 5. The van der Waals surface area contributed by atoms with Gasteiger partial charge in [-0.1, -0.05) is 30.3 Å². The number of anilines is 1. The summed E-state index contributed by atoms with van der Waals surface area (Å²) < 4.78 is 47.9. The Labute approximate surface area is 192 Å². The summed E-state index contributed by atoms with van der Waals surface area (Å²) in [5.41, 5.74) is 3.44. The molecular formula is C25H25FN2O4S. The van der Waals surface area contributed by atoms with Crippen LogP contribution in [0.3, 0.4) is 0 Å². The summed E-state index contributed by atoms with van der Waals surface area (Å²) in [6.45, 7) is 0.188. The van der Waals surface area contributed by atoms with Crippen molar-refractivity contribution in [3.05, 3.63) is 78.1 Å². The van der Waals surface area contributed by atoms with E-state index in [9.17, 15) is 17.9 Å².